The molecule has 2 heteroatoms. The highest BCUT2D eigenvalue weighted by molar-refractivity contribution is 5.33. The van der Waals surface area contributed by atoms with Gasteiger partial charge in [-0.1, -0.05) is 38.7 Å². The smallest absolute Gasteiger partial charge is 0.157 e. The van der Waals surface area contributed by atoms with Crippen molar-refractivity contribution in [1.82, 2.24) is 0 Å². The quantitative estimate of drug-likeness (QED) is 0.517. The van der Waals surface area contributed by atoms with E-state index in [9.17, 15) is 8.78 Å². The van der Waals surface area contributed by atoms with Crippen molar-refractivity contribution in [2.75, 3.05) is 0 Å². The van der Waals surface area contributed by atoms with Crippen LogP contribution in [0.4, 0.5) is 8.78 Å². The second kappa shape index (κ2) is 7.21. The van der Waals surface area contributed by atoms with Gasteiger partial charge in [0.1, 0.15) is 5.83 Å². The van der Waals surface area contributed by atoms with Gasteiger partial charge in [0, 0.05) is 6.42 Å². The molecule has 0 saturated heterocycles. The predicted octanol–water partition coefficient (Wildman–Crippen LogP) is 6.24. The van der Waals surface area contributed by atoms with Gasteiger partial charge in [0.25, 0.3) is 0 Å². The summed E-state index contributed by atoms with van der Waals surface area (Å²) in [6.45, 7) is 2.23. The fourth-order valence-corrected chi connectivity index (χ4v) is 3.50. The summed E-state index contributed by atoms with van der Waals surface area (Å²) in [5.41, 5.74) is 0.677. The third-order valence-corrected chi connectivity index (χ3v) is 4.72. The second-order valence-corrected chi connectivity index (χ2v) is 6.13. The molecule has 0 bridgehead atoms. The lowest BCUT2D eigenvalue weighted by atomic mass is 9.75. The maximum absolute atomic E-state index is 13.8. The maximum atomic E-state index is 13.8. The van der Waals surface area contributed by atoms with Gasteiger partial charge in [-0.25, -0.2) is 8.78 Å². The topological polar surface area (TPSA) is 0 Å². The fraction of sp³-hybridized carbons (Fsp3) is 0.765. The number of halogens is 2. The lowest BCUT2D eigenvalue weighted by molar-refractivity contribution is 0.277. The van der Waals surface area contributed by atoms with Gasteiger partial charge >= 0.3 is 0 Å². The minimum atomic E-state index is -0.541. The van der Waals surface area contributed by atoms with Crippen molar-refractivity contribution in [3.8, 4) is 0 Å². The molecule has 108 valence electrons. The highest BCUT2D eigenvalue weighted by Crippen LogP contribution is 2.41. The van der Waals surface area contributed by atoms with Crippen LogP contribution in [-0.2, 0) is 0 Å². The summed E-state index contributed by atoms with van der Waals surface area (Å²) in [7, 11) is 0. The summed E-state index contributed by atoms with van der Waals surface area (Å²) in [6, 6.07) is 0. The van der Waals surface area contributed by atoms with Gasteiger partial charge < -0.3 is 0 Å². The number of hydrogen-bond acceptors (Lipinski definition) is 0. The van der Waals surface area contributed by atoms with Crippen LogP contribution in [0, 0.1) is 11.8 Å². The SMILES string of the molecule is CCCCCC1CCC(C2=CCCC(F)=C2F)CC1. The molecule has 0 unspecified atom stereocenters. The normalized spacial score (nSPS) is 28.5. The Morgan fingerprint density at radius 2 is 1.84 bits per heavy atom. The molecular formula is C17H26F2. The first-order valence-electron chi connectivity index (χ1n) is 7.97. The average molecular weight is 268 g/mol. The molecule has 19 heavy (non-hydrogen) atoms. The molecule has 2 aliphatic rings. The van der Waals surface area contributed by atoms with Gasteiger partial charge in [0.05, 0.1) is 0 Å². The van der Waals surface area contributed by atoms with Crippen LogP contribution in [0.25, 0.3) is 0 Å². The molecule has 0 aromatic heterocycles. The van der Waals surface area contributed by atoms with E-state index in [1.807, 2.05) is 6.08 Å². The molecule has 0 spiro atoms. The van der Waals surface area contributed by atoms with E-state index in [-0.39, 0.29) is 12.3 Å². The van der Waals surface area contributed by atoms with E-state index in [0.29, 0.717) is 12.0 Å². The Balaban J connectivity index is 1.82. The lowest BCUT2D eigenvalue weighted by Crippen LogP contribution is -2.17. The molecule has 2 rings (SSSR count). The molecule has 1 fully saturated rings. The van der Waals surface area contributed by atoms with Crippen molar-refractivity contribution in [3.63, 3.8) is 0 Å². The lowest BCUT2D eigenvalue weighted by Gasteiger charge is -2.30. The zero-order chi connectivity index (χ0) is 13.7. The zero-order valence-electron chi connectivity index (χ0n) is 12.1. The van der Waals surface area contributed by atoms with E-state index >= 15 is 0 Å². The third-order valence-electron chi connectivity index (χ3n) is 4.72. The van der Waals surface area contributed by atoms with Crippen LogP contribution in [0.2, 0.25) is 0 Å². The first-order valence-corrected chi connectivity index (χ1v) is 7.97. The number of hydrogen-bond donors (Lipinski definition) is 0. The third kappa shape index (κ3) is 3.90. The summed E-state index contributed by atoms with van der Waals surface area (Å²) in [4.78, 5) is 0. The molecule has 0 radical (unpaired) electrons. The van der Waals surface area contributed by atoms with Crippen LogP contribution in [0.3, 0.4) is 0 Å². The molecule has 2 aliphatic carbocycles. The second-order valence-electron chi connectivity index (χ2n) is 6.13. The van der Waals surface area contributed by atoms with E-state index in [0.717, 1.165) is 18.8 Å². The van der Waals surface area contributed by atoms with Crippen LogP contribution in [-0.4, -0.2) is 0 Å². The molecule has 0 amide bonds. The van der Waals surface area contributed by atoms with E-state index in [2.05, 4.69) is 6.92 Å². The summed E-state index contributed by atoms with van der Waals surface area (Å²) in [6.07, 6.45) is 12.6. The van der Waals surface area contributed by atoms with Gasteiger partial charge in [0.15, 0.2) is 5.83 Å². The molecule has 1 saturated carbocycles. The van der Waals surface area contributed by atoms with Crippen molar-refractivity contribution >= 4 is 0 Å². The Hall–Kier alpha value is -0.660. The Labute approximate surface area is 116 Å². The molecule has 0 aromatic rings. The monoisotopic (exact) mass is 268 g/mol. The van der Waals surface area contributed by atoms with Crippen LogP contribution in [0.1, 0.15) is 71.1 Å². The van der Waals surface area contributed by atoms with Crippen molar-refractivity contribution < 1.29 is 8.78 Å². The fourth-order valence-electron chi connectivity index (χ4n) is 3.50. The van der Waals surface area contributed by atoms with E-state index in [4.69, 9.17) is 0 Å². The van der Waals surface area contributed by atoms with Gasteiger partial charge in [0.2, 0.25) is 0 Å². The highest BCUT2D eigenvalue weighted by atomic mass is 19.2. The average Bonchev–Trinajstić information content (AvgIpc) is 2.43. The minimum Gasteiger partial charge on any atom is -0.209 e. The van der Waals surface area contributed by atoms with Gasteiger partial charge in [-0.3, -0.25) is 0 Å². The Morgan fingerprint density at radius 1 is 1.11 bits per heavy atom. The van der Waals surface area contributed by atoms with Crippen molar-refractivity contribution in [2.45, 2.75) is 71.1 Å². The summed E-state index contributed by atoms with van der Waals surface area (Å²) >= 11 is 0. The Bertz CT molecular complexity index is 346. The first kappa shape index (κ1) is 14.7. The molecule has 0 aliphatic heterocycles. The van der Waals surface area contributed by atoms with E-state index < -0.39 is 11.7 Å². The number of allylic oxidation sites excluding steroid dienone is 4. The van der Waals surface area contributed by atoms with Crippen molar-refractivity contribution in [2.24, 2.45) is 11.8 Å². The van der Waals surface area contributed by atoms with Crippen molar-refractivity contribution in [3.05, 3.63) is 23.3 Å². The summed E-state index contributed by atoms with van der Waals surface area (Å²) in [5, 5.41) is 0. The molecule has 0 N–H and O–H groups in total. The van der Waals surface area contributed by atoms with Gasteiger partial charge in [-0.15, -0.1) is 0 Å². The largest absolute Gasteiger partial charge is 0.209 e. The van der Waals surface area contributed by atoms with E-state index in [1.165, 1.54) is 38.5 Å². The highest BCUT2D eigenvalue weighted by Gasteiger charge is 2.28. The predicted molar refractivity (Wildman–Crippen MR) is 76.1 cm³/mol. The number of unbranched alkanes of at least 4 members (excludes halogenated alkanes) is 2. The summed E-state index contributed by atoms with van der Waals surface area (Å²) < 4.78 is 27.1. The summed E-state index contributed by atoms with van der Waals surface area (Å²) in [5.74, 6) is 0.0283. The van der Waals surface area contributed by atoms with Gasteiger partial charge in [-0.2, -0.15) is 0 Å². The maximum Gasteiger partial charge on any atom is 0.157 e. The zero-order valence-corrected chi connectivity index (χ0v) is 12.1. The standard InChI is InChI=1S/C17H26F2/c1-2-3-4-6-13-9-11-14(12-10-13)15-7-5-8-16(18)17(15)19/h7,13-14H,2-6,8-12H2,1H3. The van der Waals surface area contributed by atoms with Crippen LogP contribution < -0.4 is 0 Å². The Kier molecular flexibility index (Phi) is 5.59. The molecule has 0 nitrogen and oxygen atoms in total. The van der Waals surface area contributed by atoms with Crippen LogP contribution >= 0.6 is 0 Å². The van der Waals surface area contributed by atoms with Crippen molar-refractivity contribution in [1.29, 1.82) is 0 Å². The number of rotatable bonds is 5. The van der Waals surface area contributed by atoms with Crippen LogP contribution in [0.5, 0.6) is 0 Å². The molecule has 0 aromatic carbocycles. The molecular weight excluding hydrogens is 242 g/mol. The van der Waals surface area contributed by atoms with Crippen LogP contribution in [0.15, 0.2) is 23.3 Å². The van der Waals surface area contributed by atoms with Gasteiger partial charge in [-0.05, 0) is 49.5 Å². The van der Waals surface area contributed by atoms with E-state index in [1.54, 1.807) is 0 Å². The first-order chi connectivity index (χ1) is 9.22. The minimum absolute atomic E-state index is 0.252. The Morgan fingerprint density at radius 3 is 2.53 bits per heavy atom. The molecule has 0 atom stereocenters. The molecule has 0 heterocycles.